The van der Waals surface area contributed by atoms with Crippen molar-refractivity contribution in [2.45, 2.75) is 13.0 Å². The lowest BCUT2D eigenvalue weighted by Gasteiger charge is -2.07. The standard InChI is InChI=1S/C11H11NOS/c1-8-4-2-5-9(12-8)11(13)10-6-3-7-14-10/h2-7,11,13H,1H3. The van der Waals surface area contributed by atoms with Gasteiger partial charge in [-0.25, -0.2) is 0 Å². The quantitative estimate of drug-likeness (QED) is 0.817. The first-order chi connectivity index (χ1) is 6.77. The van der Waals surface area contributed by atoms with Gasteiger partial charge in [0.1, 0.15) is 6.10 Å². The van der Waals surface area contributed by atoms with Crippen LogP contribution in [-0.2, 0) is 0 Å². The molecule has 0 aromatic carbocycles. The van der Waals surface area contributed by atoms with Gasteiger partial charge >= 0.3 is 0 Å². The molecule has 0 amide bonds. The summed E-state index contributed by atoms with van der Waals surface area (Å²) >= 11 is 1.54. The molecule has 0 saturated heterocycles. The Kier molecular flexibility index (Phi) is 2.61. The van der Waals surface area contributed by atoms with Crippen LogP contribution in [0.3, 0.4) is 0 Å². The summed E-state index contributed by atoms with van der Waals surface area (Å²) in [6.45, 7) is 1.92. The number of thiophene rings is 1. The van der Waals surface area contributed by atoms with Crippen molar-refractivity contribution in [1.82, 2.24) is 4.98 Å². The van der Waals surface area contributed by atoms with Crippen LogP contribution in [0.2, 0.25) is 0 Å². The van der Waals surface area contributed by atoms with E-state index in [1.165, 1.54) is 0 Å². The Hall–Kier alpha value is -1.19. The third-order valence-corrected chi connectivity index (χ3v) is 2.93. The zero-order valence-electron chi connectivity index (χ0n) is 7.84. The van der Waals surface area contributed by atoms with Gasteiger partial charge in [0, 0.05) is 10.6 Å². The lowest BCUT2D eigenvalue weighted by atomic mass is 10.2. The van der Waals surface area contributed by atoms with Gasteiger partial charge in [-0.3, -0.25) is 4.98 Å². The Balaban J connectivity index is 2.32. The fourth-order valence-electron chi connectivity index (χ4n) is 1.31. The molecule has 2 rings (SSSR count). The largest absolute Gasteiger partial charge is 0.381 e. The van der Waals surface area contributed by atoms with E-state index in [-0.39, 0.29) is 0 Å². The molecule has 0 spiro atoms. The van der Waals surface area contributed by atoms with Gasteiger partial charge in [-0.15, -0.1) is 11.3 Å². The predicted octanol–water partition coefficient (Wildman–Crippen LogP) is 2.53. The zero-order valence-corrected chi connectivity index (χ0v) is 8.66. The van der Waals surface area contributed by atoms with E-state index in [1.54, 1.807) is 11.3 Å². The molecule has 14 heavy (non-hydrogen) atoms. The third kappa shape index (κ3) is 1.84. The molecule has 3 heteroatoms. The second-order valence-corrected chi connectivity index (χ2v) is 4.10. The normalized spacial score (nSPS) is 12.7. The maximum absolute atomic E-state index is 9.95. The summed E-state index contributed by atoms with van der Waals surface area (Å²) in [5, 5.41) is 11.9. The zero-order chi connectivity index (χ0) is 9.97. The van der Waals surface area contributed by atoms with Gasteiger partial charge in [-0.2, -0.15) is 0 Å². The highest BCUT2D eigenvalue weighted by molar-refractivity contribution is 7.10. The summed E-state index contributed by atoms with van der Waals surface area (Å²) in [5.41, 5.74) is 1.64. The molecular formula is C11H11NOS. The molecular weight excluding hydrogens is 194 g/mol. The maximum Gasteiger partial charge on any atom is 0.130 e. The average molecular weight is 205 g/mol. The van der Waals surface area contributed by atoms with E-state index in [0.717, 1.165) is 10.6 Å². The summed E-state index contributed by atoms with van der Waals surface area (Å²) < 4.78 is 0. The summed E-state index contributed by atoms with van der Waals surface area (Å²) in [6.07, 6.45) is -0.588. The van der Waals surface area contributed by atoms with E-state index < -0.39 is 6.10 Å². The molecule has 0 bridgehead atoms. The molecule has 2 heterocycles. The maximum atomic E-state index is 9.95. The molecule has 0 saturated carbocycles. The minimum Gasteiger partial charge on any atom is -0.381 e. The molecule has 1 N–H and O–H groups in total. The van der Waals surface area contributed by atoms with Crippen LogP contribution in [0.5, 0.6) is 0 Å². The van der Waals surface area contributed by atoms with Gasteiger partial charge < -0.3 is 5.11 Å². The van der Waals surface area contributed by atoms with E-state index in [0.29, 0.717) is 5.69 Å². The molecule has 0 aliphatic rings. The van der Waals surface area contributed by atoms with Crippen LogP contribution in [0.1, 0.15) is 22.4 Å². The Morgan fingerprint density at radius 1 is 1.29 bits per heavy atom. The number of hydrogen-bond donors (Lipinski definition) is 1. The summed E-state index contributed by atoms with van der Waals surface area (Å²) in [4.78, 5) is 5.22. The Bertz CT molecular complexity index is 411. The molecule has 0 aliphatic carbocycles. The number of aliphatic hydroxyl groups is 1. The van der Waals surface area contributed by atoms with Crippen LogP contribution in [0, 0.1) is 6.92 Å². The van der Waals surface area contributed by atoms with Gasteiger partial charge in [0.15, 0.2) is 0 Å². The Morgan fingerprint density at radius 2 is 2.14 bits per heavy atom. The lowest BCUT2D eigenvalue weighted by molar-refractivity contribution is 0.219. The number of hydrogen-bond acceptors (Lipinski definition) is 3. The van der Waals surface area contributed by atoms with Crippen molar-refractivity contribution in [3.8, 4) is 0 Å². The number of aryl methyl sites for hydroxylation is 1. The van der Waals surface area contributed by atoms with Crippen molar-refractivity contribution in [3.63, 3.8) is 0 Å². The molecule has 72 valence electrons. The van der Waals surface area contributed by atoms with E-state index in [1.807, 2.05) is 42.6 Å². The predicted molar refractivity (Wildman–Crippen MR) is 57.4 cm³/mol. The van der Waals surface area contributed by atoms with Crippen molar-refractivity contribution in [2.75, 3.05) is 0 Å². The first kappa shape index (κ1) is 9.37. The van der Waals surface area contributed by atoms with Crippen molar-refractivity contribution in [2.24, 2.45) is 0 Å². The number of aromatic nitrogens is 1. The highest BCUT2D eigenvalue weighted by Gasteiger charge is 2.12. The summed E-state index contributed by atoms with van der Waals surface area (Å²) in [6, 6.07) is 9.52. The van der Waals surface area contributed by atoms with Crippen LogP contribution in [-0.4, -0.2) is 10.1 Å². The number of rotatable bonds is 2. The molecule has 0 aliphatic heterocycles. The molecule has 2 aromatic rings. The molecule has 1 atom stereocenters. The highest BCUT2D eigenvalue weighted by Crippen LogP contribution is 2.24. The average Bonchev–Trinajstić information content (AvgIpc) is 2.69. The van der Waals surface area contributed by atoms with Crippen LogP contribution >= 0.6 is 11.3 Å². The molecule has 2 nitrogen and oxygen atoms in total. The van der Waals surface area contributed by atoms with E-state index >= 15 is 0 Å². The van der Waals surface area contributed by atoms with Gasteiger partial charge in [0.25, 0.3) is 0 Å². The van der Waals surface area contributed by atoms with E-state index in [9.17, 15) is 5.11 Å². The monoisotopic (exact) mass is 205 g/mol. The fraction of sp³-hybridized carbons (Fsp3) is 0.182. The van der Waals surface area contributed by atoms with Crippen LogP contribution in [0.25, 0.3) is 0 Å². The first-order valence-corrected chi connectivity index (χ1v) is 5.30. The van der Waals surface area contributed by atoms with Gasteiger partial charge in [-0.05, 0) is 30.5 Å². The van der Waals surface area contributed by atoms with Gasteiger partial charge in [0.05, 0.1) is 5.69 Å². The number of aliphatic hydroxyl groups excluding tert-OH is 1. The third-order valence-electron chi connectivity index (χ3n) is 2.00. The van der Waals surface area contributed by atoms with Crippen molar-refractivity contribution in [1.29, 1.82) is 0 Å². The van der Waals surface area contributed by atoms with E-state index in [4.69, 9.17) is 0 Å². The minimum absolute atomic E-state index is 0.588. The smallest absolute Gasteiger partial charge is 0.130 e. The molecule has 1 unspecified atom stereocenters. The van der Waals surface area contributed by atoms with Crippen LogP contribution in [0.15, 0.2) is 35.7 Å². The van der Waals surface area contributed by atoms with Crippen molar-refractivity contribution < 1.29 is 5.11 Å². The minimum atomic E-state index is -0.588. The number of pyridine rings is 1. The molecule has 0 fully saturated rings. The van der Waals surface area contributed by atoms with Crippen molar-refractivity contribution in [3.05, 3.63) is 52.0 Å². The summed E-state index contributed by atoms with van der Waals surface area (Å²) in [7, 11) is 0. The van der Waals surface area contributed by atoms with Gasteiger partial charge in [-0.1, -0.05) is 12.1 Å². The highest BCUT2D eigenvalue weighted by atomic mass is 32.1. The van der Waals surface area contributed by atoms with E-state index in [2.05, 4.69) is 4.98 Å². The first-order valence-electron chi connectivity index (χ1n) is 4.42. The van der Waals surface area contributed by atoms with Gasteiger partial charge in [0.2, 0.25) is 0 Å². The SMILES string of the molecule is Cc1cccc(C(O)c2cccs2)n1. The van der Waals surface area contributed by atoms with Crippen molar-refractivity contribution >= 4 is 11.3 Å². The number of nitrogens with zero attached hydrogens (tertiary/aromatic N) is 1. The van der Waals surface area contributed by atoms with Crippen LogP contribution in [0.4, 0.5) is 0 Å². The fourth-order valence-corrected chi connectivity index (χ4v) is 2.03. The lowest BCUT2D eigenvalue weighted by Crippen LogP contribution is -2.00. The molecule has 2 aromatic heterocycles. The van der Waals surface area contributed by atoms with Crippen LogP contribution < -0.4 is 0 Å². The second kappa shape index (κ2) is 3.90. The topological polar surface area (TPSA) is 33.1 Å². The second-order valence-electron chi connectivity index (χ2n) is 3.12. The summed E-state index contributed by atoms with van der Waals surface area (Å²) in [5.74, 6) is 0. The Labute approximate surface area is 86.9 Å². The molecule has 0 radical (unpaired) electrons. The Morgan fingerprint density at radius 3 is 2.79 bits per heavy atom.